The highest BCUT2D eigenvalue weighted by molar-refractivity contribution is 6.15. The van der Waals surface area contributed by atoms with Crippen LogP contribution in [0, 0.1) is 11.8 Å². The summed E-state index contributed by atoms with van der Waals surface area (Å²) in [6.07, 6.45) is 2.54. The quantitative estimate of drug-likeness (QED) is 0.807. The molecule has 6 nitrogen and oxygen atoms in total. The molecule has 3 amide bonds. The zero-order valence-electron chi connectivity index (χ0n) is 15.5. The molecule has 3 aliphatic rings. The highest BCUT2D eigenvalue weighted by Crippen LogP contribution is 2.52. The van der Waals surface area contributed by atoms with E-state index < -0.39 is 17.4 Å². The number of anilines is 1. The molecule has 2 N–H and O–H groups in total. The zero-order chi connectivity index (χ0) is 18.6. The van der Waals surface area contributed by atoms with Crippen LogP contribution in [0.2, 0.25) is 0 Å². The highest BCUT2D eigenvalue weighted by atomic mass is 16.2. The van der Waals surface area contributed by atoms with E-state index in [-0.39, 0.29) is 23.8 Å². The monoisotopic (exact) mass is 355 g/mol. The van der Waals surface area contributed by atoms with Gasteiger partial charge in [-0.3, -0.25) is 24.6 Å². The molecule has 0 saturated carbocycles. The first-order valence-electron chi connectivity index (χ1n) is 9.53. The Morgan fingerprint density at radius 3 is 2.62 bits per heavy atom. The number of aryl methyl sites for hydroxylation is 1. The summed E-state index contributed by atoms with van der Waals surface area (Å²) in [5, 5.41) is 6.27. The van der Waals surface area contributed by atoms with E-state index in [0.29, 0.717) is 6.54 Å². The van der Waals surface area contributed by atoms with Gasteiger partial charge in [0.2, 0.25) is 17.7 Å². The lowest BCUT2D eigenvalue weighted by atomic mass is 9.76. The van der Waals surface area contributed by atoms with Crippen LogP contribution >= 0.6 is 0 Å². The Bertz CT molecular complexity index is 805. The molecule has 0 aliphatic carbocycles. The molecule has 6 heteroatoms. The molecule has 3 aliphatic heterocycles. The maximum atomic E-state index is 13.2. The van der Waals surface area contributed by atoms with Crippen molar-refractivity contribution in [2.24, 2.45) is 11.8 Å². The number of imide groups is 1. The van der Waals surface area contributed by atoms with Crippen LogP contribution in [0.4, 0.5) is 5.69 Å². The lowest BCUT2D eigenvalue weighted by Crippen LogP contribution is -2.53. The molecule has 1 aromatic carbocycles. The summed E-state index contributed by atoms with van der Waals surface area (Å²) in [6.45, 7) is 6.43. The molecule has 0 unspecified atom stereocenters. The Balaban J connectivity index is 1.83. The van der Waals surface area contributed by atoms with Gasteiger partial charge in [0.1, 0.15) is 5.54 Å². The fraction of sp³-hybridized carbons (Fsp3) is 0.550. The summed E-state index contributed by atoms with van der Waals surface area (Å²) in [7, 11) is 0. The van der Waals surface area contributed by atoms with Crippen molar-refractivity contribution >= 4 is 23.4 Å². The molecule has 2 fully saturated rings. The summed E-state index contributed by atoms with van der Waals surface area (Å²) < 4.78 is 0. The van der Waals surface area contributed by atoms with Crippen molar-refractivity contribution in [2.75, 3.05) is 11.9 Å². The van der Waals surface area contributed by atoms with Crippen LogP contribution in [0.5, 0.6) is 0 Å². The van der Waals surface area contributed by atoms with Gasteiger partial charge in [0.05, 0.1) is 11.8 Å². The van der Waals surface area contributed by atoms with E-state index in [4.69, 9.17) is 0 Å². The largest absolute Gasteiger partial charge is 0.324 e. The average Bonchev–Trinajstić information content (AvgIpc) is 3.18. The topological polar surface area (TPSA) is 78.5 Å². The third kappa shape index (κ3) is 2.05. The summed E-state index contributed by atoms with van der Waals surface area (Å²) >= 11 is 0. The number of hydrogen-bond acceptors (Lipinski definition) is 4. The fourth-order valence-electron chi connectivity index (χ4n) is 4.83. The molecule has 4 atom stereocenters. The van der Waals surface area contributed by atoms with Gasteiger partial charge in [-0.05, 0) is 31.4 Å². The number of carbonyl (C=O) groups excluding carboxylic acids is 3. The van der Waals surface area contributed by atoms with Crippen molar-refractivity contribution in [3.8, 4) is 0 Å². The third-order valence-electron chi connectivity index (χ3n) is 6.16. The fourth-order valence-corrected chi connectivity index (χ4v) is 4.83. The molecule has 1 spiro atoms. The van der Waals surface area contributed by atoms with Crippen LogP contribution in [0.15, 0.2) is 18.2 Å². The smallest absolute Gasteiger partial charge is 0.250 e. The molecular weight excluding hydrogens is 330 g/mol. The Morgan fingerprint density at radius 1 is 1.15 bits per heavy atom. The van der Waals surface area contributed by atoms with E-state index in [1.165, 1.54) is 4.90 Å². The minimum Gasteiger partial charge on any atom is -0.324 e. The van der Waals surface area contributed by atoms with Crippen LogP contribution in [0.1, 0.15) is 44.7 Å². The molecule has 0 bridgehead atoms. The first-order valence-corrected chi connectivity index (χ1v) is 9.53. The molecule has 1 aromatic rings. The van der Waals surface area contributed by atoms with E-state index in [9.17, 15) is 14.4 Å². The minimum atomic E-state index is -1.14. The molecule has 4 rings (SSSR count). The Hall–Kier alpha value is -2.21. The summed E-state index contributed by atoms with van der Waals surface area (Å²) in [6, 6.07) is 5.66. The number of rotatable bonds is 4. The number of nitrogens with one attached hydrogen (secondary N) is 2. The molecule has 138 valence electrons. The number of likely N-dealkylation sites (tertiary alicyclic amines) is 1. The SMILES string of the molecule is CCCCN1C(=O)[C@H]2[C@@H](C1=O)[C@@]1(N[C@@H]2C)C(=O)Nc2ccc(CC)cc21. The van der Waals surface area contributed by atoms with Gasteiger partial charge >= 0.3 is 0 Å². The predicted molar refractivity (Wildman–Crippen MR) is 97.3 cm³/mol. The van der Waals surface area contributed by atoms with Crippen molar-refractivity contribution in [1.29, 1.82) is 0 Å². The Labute approximate surface area is 153 Å². The number of carbonyl (C=O) groups is 3. The van der Waals surface area contributed by atoms with Crippen LogP contribution in [0.25, 0.3) is 0 Å². The maximum Gasteiger partial charge on any atom is 0.250 e. The standard InChI is InChI=1S/C20H25N3O3/c1-4-6-9-23-17(24)15-11(3)22-20(16(15)18(23)25)13-10-12(5-2)7-8-14(13)21-19(20)26/h7-8,10-11,15-16,22H,4-6,9H2,1-3H3,(H,21,26)/t11-,15-,16+,20-/m1/s1. The number of nitrogens with zero attached hydrogens (tertiary/aromatic N) is 1. The predicted octanol–water partition coefficient (Wildman–Crippen LogP) is 1.79. The second-order valence-corrected chi connectivity index (χ2v) is 7.61. The second kappa shape index (κ2) is 5.91. The first-order chi connectivity index (χ1) is 12.5. The van der Waals surface area contributed by atoms with Crippen LogP contribution in [0.3, 0.4) is 0 Å². The van der Waals surface area contributed by atoms with Crippen molar-refractivity contribution in [3.63, 3.8) is 0 Å². The summed E-state index contributed by atoms with van der Waals surface area (Å²) in [4.78, 5) is 40.6. The lowest BCUT2D eigenvalue weighted by Gasteiger charge is -2.29. The van der Waals surface area contributed by atoms with Crippen LogP contribution in [-0.2, 0) is 26.3 Å². The number of benzene rings is 1. The molecule has 0 aromatic heterocycles. The lowest BCUT2D eigenvalue weighted by molar-refractivity contribution is -0.142. The van der Waals surface area contributed by atoms with Crippen molar-refractivity contribution in [2.45, 2.75) is 51.6 Å². The Morgan fingerprint density at radius 2 is 1.92 bits per heavy atom. The van der Waals surface area contributed by atoms with E-state index in [2.05, 4.69) is 17.6 Å². The maximum absolute atomic E-state index is 13.2. The van der Waals surface area contributed by atoms with Gasteiger partial charge in [0, 0.05) is 23.8 Å². The highest BCUT2D eigenvalue weighted by Gasteiger charge is 2.69. The van der Waals surface area contributed by atoms with E-state index in [1.54, 1.807) is 0 Å². The molecule has 26 heavy (non-hydrogen) atoms. The number of fused-ring (bicyclic) bond motifs is 4. The van der Waals surface area contributed by atoms with Gasteiger partial charge in [-0.1, -0.05) is 32.4 Å². The zero-order valence-corrected chi connectivity index (χ0v) is 15.5. The minimum absolute atomic E-state index is 0.141. The van der Waals surface area contributed by atoms with Crippen LogP contribution in [-0.4, -0.2) is 35.2 Å². The number of unbranched alkanes of at least 4 members (excludes halogenated alkanes) is 1. The third-order valence-corrected chi connectivity index (χ3v) is 6.16. The molecule has 3 heterocycles. The average molecular weight is 355 g/mol. The van der Waals surface area contributed by atoms with Gasteiger partial charge in [-0.15, -0.1) is 0 Å². The summed E-state index contributed by atoms with van der Waals surface area (Å²) in [5.41, 5.74) is 1.51. The molecular formula is C20H25N3O3. The number of amides is 3. The van der Waals surface area contributed by atoms with Gasteiger partial charge in [-0.2, -0.15) is 0 Å². The van der Waals surface area contributed by atoms with Crippen molar-refractivity contribution < 1.29 is 14.4 Å². The van der Waals surface area contributed by atoms with Gasteiger partial charge in [0.25, 0.3) is 0 Å². The number of hydrogen-bond donors (Lipinski definition) is 2. The second-order valence-electron chi connectivity index (χ2n) is 7.61. The normalized spacial score (nSPS) is 32.3. The van der Waals surface area contributed by atoms with Crippen molar-refractivity contribution in [1.82, 2.24) is 10.2 Å². The van der Waals surface area contributed by atoms with Gasteiger partial charge in [-0.25, -0.2) is 0 Å². The van der Waals surface area contributed by atoms with E-state index >= 15 is 0 Å². The Kier molecular flexibility index (Phi) is 3.91. The van der Waals surface area contributed by atoms with Crippen LogP contribution < -0.4 is 10.6 Å². The summed E-state index contributed by atoms with van der Waals surface area (Å²) in [5.74, 6) is -1.73. The first kappa shape index (κ1) is 17.2. The molecule has 0 radical (unpaired) electrons. The van der Waals surface area contributed by atoms with Gasteiger partial charge < -0.3 is 5.32 Å². The van der Waals surface area contributed by atoms with E-state index in [1.807, 2.05) is 32.0 Å². The van der Waals surface area contributed by atoms with Crippen molar-refractivity contribution in [3.05, 3.63) is 29.3 Å². The van der Waals surface area contributed by atoms with E-state index in [0.717, 1.165) is 36.1 Å². The van der Waals surface area contributed by atoms with Gasteiger partial charge in [0.15, 0.2) is 0 Å². The molecule has 2 saturated heterocycles.